The predicted octanol–water partition coefficient (Wildman–Crippen LogP) is 4.68. The van der Waals surface area contributed by atoms with Crippen molar-refractivity contribution < 1.29 is 18.3 Å². The van der Waals surface area contributed by atoms with Crippen LogP contribution in [0.4, 0.5) is 0 Å². The number of rotatable bonds is 9. The minimum atomic E-state index is -3.36. The molecule has 2 aromatic rings. The van der Waals surface area contributed by atoms with Gasteiger partial charge in [-0.2, -0.15) is 0 Å². The van der Waals surface area contributed by atoms with Gasteiger partial charge in [-0.25, -0.2) is 8.42 Å². The average molecular weight is 528 g/mol. The molecular formula is C29H41N3O4S. The topological polar surface area (TPSA) is 99.6 Å². The van der Waals surface area contributed by atoms with Crippen molar-refractivity contribution in [3.63, 3.8) is 0 Å². The number of aliphatic hydroxyl groups is 1. The highest BCUT2D eigenvalue weighted by atomic mass is 32.2. The van der Waals surface area contributed by atoms with Crippen molar-refractivity contribution in [1.29, 1.82) is 0 Å². The molecule has 1 saturated carbocycles. The van der Waals surface area contributed by atoms with E-state index >= 15 is 0 Å². The maximum atomic E-state index is 13.1. The summed E-state index contributed by atoms with van der Waals surface area (Å²) < 4.78 is 24.1. The molecule has 0 saturated heterocycles. The number of carbonyl (C=O) groups is 1. The van der Waals surface area contributed by atoms with Gasteiger partial charge in [0.1, 0.15) is 0 Å². The first kappa shape index (κ1) is 27.7. The Labute approximate surface area is 221 Å². The molecule has 1 amide bonds. The number of hydrogen-bond acceptors (Lipinski definition) is 6. The Kier molecular flexibility index (Phi) is 8.71. The van der Waals surface area contributed by atoms with Crippen LogP contribution in [0.1, 0.15) is 92.6 Å². The molecule has 1 aliphatic carbocycles. The second kappa shape index (κ2) is 11.6. The summed E-state index contributed by atoms with van der Waals surface area (Å²) in [5.41, 5.74) is 3.48. The molecule has 2 atom stereocenters. The van der Waals surface area contributed by atoms with E-state index in [1.807, 2.05) is 12.1 Å². The first-order chi connectivity index (χ1) is 17.6. The van der Waals surface area contributed by atoms with Gasteiger partial charge in [-0.3, -0.25) is 14.7 Å². The highest BCUT2D eigenvalue weighted by Crippen LogP contribution is 2.41. The van der Waals surface area contributed by atoms with E-state index in [0.29, 0.717) is 23.2 Å². The van der Waals surface area contributed by atoms with Crippen LogP contribution in [-0.2, 0) is 16.4 Å². The lowest BCUT2D eigenvalue weighted by Crippen LogP contribution is -2.32. The molecule has 8 heteroatoms. The molecule has 0 spiro atoms. The smallest absolute Gasteiger partial charge is 0.251 e. The summed E-state index contributed by atoms with van der Waals surface area (Å²) in [5.74, 6) is 1.77. The lowest BCUT2D eigenvalue weighted by molar-refractivity contribution is 0.0914. The summed E-state index contributed by atoms with van der Waals surface area (Å²) in [6, 6.07) is 8.60. The van der Waals surface area contributed by atoms with Crippen LogP contribution in [0, 0.1) is 17.8 Å². The van der Waals surface area contributed by atoms with Gasteiger partial charge in [-0.15, -0.1) is 0 Å². The van der Waals surface area contributed by atoms with Crippen LogP contribution >= 0.6 is 0 Å². The van der Waals surface area contributed by atoms with Gasteiger partial charge in [0.25, 0.3) is 5.91 Å². The van der Waals surface area contributed by atoms with Gasteiger partial charge in [0.15, 0.2) is 9.84 Å². The first-order valence-electron chi connectivity index (χ1n) is 13.6. The van der Waals surface area contributed by atoms with Crippen LogP contribution in [0.25, 0.3) is 0 Å². The lowest BCUT2D eigenvalue weighted by atomic mass is 9.82. The van der Waals surface area contributed by atoms with E-state index in [1.165, 1.54) is 49.1 Å². The minimum absolute atomic E-state index is 0.0124. The number of aromatic nitrogens is 1. The third-order valence-electron chi connectivity index (χ3n) is 8.09. The first-order valence-corrected chi connectivity index (χ1v) is 15.3. The molecule has 1 aromatic carbocycles. The molecule has 7 nitrogen and oxygen atoms in total. The molecule has 37 heavy (non-hydrogen) atoms. The Balaban J connectivity index is 1.47. The molecular weight excluding hydrogens is 486 g/mol. The van der Waals surface area contributed by atoms with Gasteiger partial charge in [0.2, 0.25) is 0 Å². The van der Waals surface area contributed by atoms with Gasteiger partial charge >= 0.3 is 0 Å². The summed E-state index contributed by atoms with van der Waals surface area (Å²) in [4.78, 5) is 20.1. The second-order valence-electron chi connectivity index (χ2n) is 11.2. The van der Waals surface area contributed by atoms with Gasteiger partial charge in [0, 0.05) is 30.9 Å². The number of carbonyl (C=O) groups excluding carboxylic acids is 1. The van der Waals surface area contributed by atoms with Gasteiger partial charge in [-0.1, -0.05) is 46.6 Å². The maximum Gasteiger partial charge on any atom is 0.251 e. The minimum Gasteiger partial charge on any atom is -0.394 e. The Morgan fingerprint density at radius 3 is 2.49 bits per heavy atom. The Hall–Kier alpha value is -2.29. The summed E-state index contributed by atoms with van der Waals surface area (Å²) in [6.07, 6.45) is 6.52. The summed E-state index contributed by atoms with van der Waals surface area (Å²) in [7, 11) is -3.36. The fourth-order valence-electron chi connectivity index (χ4n) is 5.89. The molecule has 0 radical (unpaired) electrons. The summed E-state index contributed by atoms with van der Waals surface area (Å²) in [6.45, 7) is 10.1. The average Bonchev–Trinajstić information content (AvgIpc) is 3.25. The zero-order valence-corrected chi connectivity index (χ0v) is 23.3. The zero-order chi connectivity index (χ0) is 26.7. The fourth-order valence-corrected chi connectivity index (χ4v) is 6.71. The highest BCUT2D eigenvalue weighted by molar-refractivity contribution is 7.91. The lowest BCUT2D eigenvalue weighted by Gasteiger charge is -2.34. The third kappa shape index (κ3) is 6.24. The number of fused-ring (bicyclic) bond motifs is 1. The van der Waals surface area contributed by atoms with Crippen LogP contribution in [-0.4, -0.2) is 48.2 Å². The molecule has 202 valence electrons. The molecule has 1 aromatic heterocycles. The summed E-state index contributed by atoms with van der Waals surface area (Å²) in [5, 5.41) is 12.8. The van der Waals surface area contributed by atoms with Crippen molar-refractivity contribution >= 4 is 15.7 Å². The third-order valence-corrected chi connectivity index (χ3v) is 9.81. The van der Waals surface area contributed by atoms with E-state index in [0.717, 1.165) is 24.9 Å². The molecule has 2 aliphatic rings. The van der Waals surface area contributed by atoms with Crippen LogP contribution in [0.3, 0.4) is 0 Å². The normalized spacial score (nSPS) is 23.1. The number of pyridine rings is 1. The van der Waals surface area contributed by atoms with E-state index in [-0.39, 0.29) is 23.2 Å². The quantitative estimate of drug-likeness (QED) is 0.491. The number of nitrogens with zero attached hydrogens (tertiary/aromatic N) is 2. The standard InChI is InChI=1S/C29H41N3O4S/c1-5-37(35,36)24-11-13-26(30-15-24)27(18-33)31-29(34)22-10-12-25-23(14-22)17-32(28(25)19(2)3)16-21-8-6-20(4)7-9-21/h10-15,19-21,27-28,33H,5-9,16-18H2,1-4H3,(H,31,34)/t20-,21-,27-,28+/m0/s1. The number of nitrogens with one attached hydrogen (secondary N) is 1. The number of amides is 1. The van der Waals surface area contributed by atoms with E-state index in [1.54, 1.807) is 13.0 Å². The SMILES string of the molecule is CCS(=O)(=O)c1ccc([C@H](CO)NC(=O)c2ccc3c(c2)CN(C[C@H]2CC[C@H](C)CC2)[C@@H]3C(C)C)nc1. The van der Waals surface area contributed by atoms with Crippen molar-refractivity contribution in [3.8, 4) is 0 Å². The zero-order valence-electron chi connectivity index (χ0n) is 22.5. The number of aliphatic hydroxyl groups excluding tert-OH is 1. The highest BCUT2D eigenvalue weighted by Gasteiger charge is 2.34. The number of hydrogen-bond donors (Lipinski definition) is 2. The molecule has 1 fully saturated rings. The van der Waals surface area contributed by atoms with Gasteiger partial charge < -0.3 is 10.4 Å². The van der Waals surface area contributed by atoms with E-state index < -0.39 is 15.9 Å². The molecule has 2 N–H and O–H groups in total. The Bertz CT molecular complexity index is 1190. The van der Waals surface area contributed by atoms with E-state index in [9.17, 15) is 18.3 Å². The Morgan fingerprint density at radius 2 is 1.89 bits per heavy atom. The van der Waals surface area contributed by atoms with Crippen molar-refractivity contribution in [2.24, 2.45) is 17.8 Å². The largest absolute Gasteiger partial charge is 0.394 e. The van der Waals surface area contributed by atoms with Gasteiger partial charge in [0.05, 0.1) is 29.0 Å². The van der Waals surface area contributed by atoms with Crippen LogP contribution in [0.15, 0.2) is 41.4 Å². The van der Waals surface area contributed by atoms with Crippen molar-refractivity contribution in [2.45, 2.75) is 76.9 Å². The van der Waals surface area contributed by atoms with Crippen LogP contribution in [0.2, 0.25) is 0 Å². The second-order valence-corrected chi connectivity index (χ2v) is 13.5. The number of sulfone groups is 1. The molecule has 0 unspecified atom stereocenters. The predicted molar refractivity (Wildman–Crippen MR) is 145 cm³/mol. The van der Waals surface area contributed by atoms with Gasteiger partial charge in [-0.05, 0) is 66.0 Å². The number of benzene rings is 1. The molecule has 2 heterocycles. The molecule has 0 bridgehead atoms. The van der Waals surface area contributed by atoms with Crippen molar-refractivity contribution in [3.05, 3.63) is 58.9 Å². The van der Waals surface area contributed by atoms with Crippen molar-refractivity contribution in [1.82, 2.24) is 15.2 Å². The maximum absolute atomic E-state index is 13.1. The summed E-state index contributed by atoms with van der Waals surface area (Å²) >= 11 is 0. The Morgan fingerprint density at radius 1 is 1.16 bits per heavy atom. The fraction of sp³-hybridized carbons (Fsp3) is 0.586. The molecule has 1 aliphatic heterocycles. The monoisotopic (exact) mass is 527 g/mol. The molecule has 4 rings (SSSR count). The van der Waals surface area contributed by atoms with E-state index in [2.05, 4.69) is 42.0 Å². The van der Waals surface area contributed by atoms with E-state index in [4.69, 9.17) is 0 Å². The van der Waals surface area contributed by atoms with Crippen LogP contribution < -0.4 is 5.32 Å². The van der Waals surface area contributed by atoms with Crippen molar-refractivity contribution in [2.75, 3.05) is 18.9 Å². The van der Waals surface area contributed by atoms with Crippen LogP contribution in [0.5, 0.6) is 0 Å².